The van der Waals surface area contributed by atoms with E-state index >= 15 is 0 Å². The van der Waals surface area contributed by atoms with Crippen molar-refractivity contribution < 1.29 is 5.11 Å². The van der Waals surface area contributed by atoms with Crippen LogP contribution in [0.5, 0.6) is 0 Å². The lowest BCUT2D eigenvalue weighted by atomic mass is 9.77. The lowest BCUT2D eigenvalue weighted by molar-refractivity contribution is 0.0700. The summed E-state index contributed by atoms with van der Waals surface area (Å²) in [7, 11) is 0. The van der Waals surface area contributed by atoms with Crippen LogP contribution in [-0.2, 0) is 17.3 Å². The van der Waals surface area contributed by atoms with E-state index in [0.29, 0.717) is 5.92 Å². The van der Waals surface area contributed by atoms with Gasteiger partial charge in [0.1, 0.15) is 0 Å². The molecule has 1 N–H and O–H groups in total. The molecule has 0 spiro atoms. The Labute approximate surface area is 137 Å². The third-order valence-electron chi connectivity index (χ3n) is 5.09. The first kappa shape index (κ1) is 17.5. The van der Waals surface area contributed by atoms with Crippen LogP contribution in [0.3, 0.4) is 0 Å². The second-order valence-corrected chi connectivity index (χ2v) is 9.23. The Morgan fingerprint density at radius 1 is 0.864 bits per heavy atom. The van der Waals surface area contributed by atoms with E-state index in [-0.39, 0.29) is 16.9 Å². The van der Waals surface area contributed by atoms with Gasteiger partial charge in [-0.15, -0.1) is 0 Å². The second-order valence-electron chi connectivity index (χ2n) is 9.23. The minimum absolute atomic E-state index is 0.106. The van der Waals surface area contributed by atoms with Crippen molar-refractivity contribution in [3.8, 4) is 0 Å². The molecule has 1 aliphatic carbocycles. The van der Waals surface area contributed by atoms with Gasteiger partial charge in [-0.25, -0.2) is 0 Å². The summed E-state index contributed by atoms with van der Waals surface area (Å²) in [4.78, 5) is 0. The smallest absolute Gasteiger partial charge is 0.0571 e. The Balaban J connectivity index is 2.33. The maximum absolute atomic E-state index is 10.3. The Morgan fingerprint density at radius 2 is 1.36 bits per heavy atom. The van der Waals surface area contributed by atoms with Gasteiger partial charge in [-0.3, -0.25) is 0 Å². The van der Waals surface area contributed by atoms with Gasteiger partial charge in [0.2, 0.25) is 0 Å². The van der Waals surface area contributed by atoms with Gasteiger partial charge in [-0.1, -0.05) is 72.6 Å². The summed E-state index contributed by atoms with van der Waals surface area (Å²) >= 11 is 0. The Kier molecular flexibility index (Phi) is 5.06. The summed E-state index contributed by atoms with van der Waals surface area (Å²) in [5, 5.41) is 10.3. The zero-order chi connectivity index (χ0) is 16.5. The zero-order valence-corrected chi connectivity index (χ0v) is 15.4. The molecule has 0 aromatic heterocycles. The molecule has 1 aromatic carbocycles. The van der Waals surface area contributed by atoms with Gasteiger partial charge in [-0.2, -0.15) is 0 Å². The molecule has 22 heavy (non-hydrogen) atoms. The molecule has 0 unspecified atom stereocenters. The number of hydrogen-bond donors (Lipinski definition) is 1. The molecular formula is C21H34O. The van der Waals surface area contributed by atoms with Gasteiger partial charge in [0.15, 0.2) is 0 Å². The third-order valence-corrected chi connectivity index (χ3v) is 5.09. The molecule has 0 bridgehead atoms. The van der Waals surface area contributed by atoms with E-state index in [2.05, 4.69) is 59.7 Å². The molecular weight excluding hydrogens is 268 g/mol. The van der Waals surface area contributed by atoms with Gasteiger partial charge < -0.3 is 5.11 Å². The first-order valence-electron chi connectivity index (χ1n) is 8.90. The average Bonchev–Trinajstić information content (AvgIpc) is 2.39. The van der Waals surface area contributed by atoms with Crippen LogP contribution in [0.2, 0.25) is 0 Å². The Morgan fingerprint density at radius 3 is 1.82 bits per heavy atom. The monoisotopic (exact) mass is 302 g/mol. The van der Waals surface area contributed by atoms with Gasteiger partial charge in [-0.05, 0) is 52.7 Å². The van der Waals surface area contributed by atoms with Crippen molar-refractivity contribution in [3.63, 3.8) is 0 Å². The van der Waals surface area contributed by atoms with Crippen LogP contribution in [-0.4, -0.2) is 11.2 Å². The Bertz CT molecular complexity index is 469. The van der Waals surface area contributed by atoms with Crippen molar-refractivity contribution in [2.24, 2.45) is 5.92 Å². The fraction of sp³-hybridized carbons (Fsp3) is 0.714. The van der Waals surface area contributed by atoms with Crippen molar-refractivity contribution in [1.29, 1.82) is 0 Å². The predicted octanol–water partition coefficient (Wildman–Crippen LogP) is 5.38. The van der Waals surface area contributed by atoms with Crippen molar-refractivity contribution in [3.05, 3.63) is 34.9 Å². The molecule has 1 aliphatic rings. The molecule has 2 rings (SSSR count). The van der Waals surface area contributed by atoms with Gasteiger partial charge >= 0.3 is 0 Å². The highest BCUT2D eigenvalue weighted by molar-refractivity contribution is 5.37. The van der Waals surface area contributed by atoms with E-state index in [4.69, 9.17) is 0 Å². The molecule has 0 amide bonds. The predicted molar refractivity (Wildman–Crippen MR) is 95.5 cm³/mol. The summed E-state index contributed by atoms with van der Waals surface area (Å²) in [6.07, 6.45) is 5.53. The van der Waals surface area contributed by atoms with Crippen LogP contribution in [0.1, 0.15) is 83.9 Å². The van der Waals surface area contributed by atoms with Crippen LogP contribution in [0.15, 0.2) is 18.2 Å². The number of aliphatic hydroxyl groups is 1. The van der Waals surface area contributed by atoms with Crippen LogP contribution in [0, 0.1) is 5.92 Å². The van der Waals surface area contributed by atoms with E-state index in [9.17, 15) is 5.11 Å². The third kappa shape index (κ3) is 4.35. The van der Waals surface area contributed by atoms with Gasteiger partial charge in [0.05, 0.1) is 6.10 Å². The lowest BCUT2D eigenvalue weighted by Gasteiger charge is -2.30. The van der Waals surface area contributed by atoms with Crippen LogP contribution in [0.4, 0.5) is 0 Å². The largest absolute Gasteiger partial charge is 0.393 e. The van der Waals surface area contributed by atoms with E-state index < -0.39 is 0 Å². The van der Waals surface area contributed by atoms with E-state index in [1.807, 2.05) is 0 Å². The first-order valence-corrected chi connectivity index (χ1v) is 8.90. The molecule has 0 aliphatic heterocycles. The number of rotatable bonds is 2. The van der Waals surface area contributed by atoms with E-state index in [1.54, 1.807) is 0 Å². The lowest BCUT2D eigenvalue weighted by Crippen LogP contribution is -2.26. The first-order chi connectivity index (χ1) is 10.1. The summed E-state index contributed by atoms with van der Waals surface area (Å²) in [5.41, 5.74) is 4.58. The maximum atomic E-state index is 10.3. The number of hydrogen-bond acceptors (Lipinski definition) is 1. The molecule has 1 heteroatoms. The van der Waals surface area contributed by atoms with Gasteiger partial charge in [0, 0.05) is 0 Å². The average molecular weight is 303 g/mol. The van der Waals surface area contributed by atoms with Crippen LogP contribution in [0.25, 0.3) is 0 Å². The molecule has 1 fully saturated rings. The van der Waals surface area contributed by atoms with Gasteiger partial charge in [0.25, 0.3) is 0 Å². The molecule has 124 valence electrons. The Hall–Kier alpha value is -0.820. The second kappa shape index (κ2) is 6.35. The summed E-state index contributed by atoms with van der Waals surface area (Å²) in [6, 6.07) is 7.12. The van der Waals surface area contributed by atoms with E-state index in [0.717, 1.165) is 12.8 Å². The SMILES string of the molecule is CC(C)(C)c1cc(C[C@H]2CCCC[C@H]2O)cc(C(C)(C)C)c1. The number of aliphatic hydroxyl groups excluding tert-OH is 1. The topological polar surface area (TPSA) is 20.2 Å². The quantitative estimate of drug-likeness (QED) is 0.778. The molecule has 0 heterocycles. The zero-order valence-electron chi connectivity index (χ0n) is 15.4. The number of benzene rings is 1. The van der Waals surface area contributed by atoms with Crippen molar-refractivity contribution >= 4 is 0 Å². The highest BCUT2D eigenvalue weighted by Gasteiger charge is 2.25. The molecule has 0 saturated heterocycles. The highest BCUT2D eigenvalue weighted by atomic mass is 16.3. The fourth-order valence-corrected chi connectivity index (χ4v) is 3.40. The molecule has 1 aromatic rings. The normalized spacial score (nSPS) is 23.6. The van der Waals surface area contributed by atoms with E-state index in [1.165, 1.54) is 36.0 Å². The van der Waals surface area contributed by atoms with Crippen LogP contribution >= 0.6 is 0 Å². The summed E-state index contributed by atoms with van der Waals surface area (Å²) in [6.45, 7) is 13.7. The van der Waals surface area contributed by atoms with Crippen LogP contribution < -0.4 is 0 Å². The van der Waals surface area contributed by atoms with Crippen molar-refractivity contribution in [1.82, 2.24) is 0 Å². The molecule has 1 saturated carbocycles. The minimum atomic E-state index is -0.106. The fourth-order valence-electron chi connectivity index (χ4n) is 3.40. The molecule has 2 atom stereocenters. The highest BCUT2D eigenvalue weighted by Crippen LogP contribution is 2.33. The maximum Gasteiger partial charge on any atom is 0.0571 e. The molecule has 1 nitrogen and oxygen atoms in total. The van der Waals surface area contributed by atoms with Crippen molar-refractivity contribution in [2.45, 2.75) is 90.6 Å². The standard InChI is InChI=1S/C21H34O/c1-20(2,3)17-12-15(13-18(14-17)21(4,5)6)11-16-9-7-8-10-19(16)22/h12-14,16,19,22H,7-11H2,1-6H3/t16-,19-/m1/s1. The molecule has 0 radical (unpaired) electrons. The summed E-state index contributed by atoms with van der Waals surface area (Å²) in [5.74, 6) is 0.441. The minimum Gasteiger partial charge on any atom is -0.393 e. The summed E-state index contributed by atoms with van der Waals surface area (Å²) < 4.78 is 0. The van der Waals surface area contributed by atoms with Crippen molar-refractivity contribution in [2.75, 3.05) is 0 Å².